The molecule has 2 saturated heterocycles. The second-order valence-corrected chi connectivity index (χ2v) is 6.77. The lowest BCUT2D eigenvalue weighted by atomic mass is 9.83. The van der Waals surface area contributed by atoms with Gasteiger partial charge < -0.3 is 10.6 Å². The molecule has 2 aliphatic rings. The normalized spacial score (nSPS) is 35.5. The lowest BCUT2D eigenvalue weighted by molar-refractivity contribution is 0.118. The Labute approximate surface area is 107 Å². The van der Waals surface area contributed by atoms with Gasteiger partial charge in [0.1, 0.15) is 0 Å². The molecule has 0 spiro atoms. The van der Waals surface area contributed by atoms with Crippen molar-refractivity contribution in [1.82, 2.24) is 4.90 Å². The third-order valence-electron chi connectivity index (χ3n) is 5.06. The second-order valence-electron chi connectivity index (χ2n) is 6.77. The number of nitrogens with two attached hydrogens (primary N) is 1. The van der Waals surface area contributed by atoms with Crippen molar-refractivity contribution in [2.75, 3.05) is 7.05 Å². The molecule has 2 fully saturated rings. The van der Waals surface area contributed by atoms with Crippen LogP contribution >= 0.6 is 0 Å². The molecule has 2 nitrogen and oxygen atoms in total. The Hall–Kier alpha value is -0.0800. The van der Waals surface area contributed by atoms with Crippen molar-refractivity contribution in [3.8, 4) is 0 Å². The first kappa shape index (κ1) is 13.4. The number of nitrogens with zero attached hydrogens (tertiary/aromatic N) is 1. The molecule has 0 aromatic rings. The molecule has 2 heteroatoms. The van der Waals surface area contributed by atoms with Crippen LogP contribution in [0.1, 0.15) is 58.8 Å². The van der Waals surface area contributed by atoms with Crippen LogP contribution in [0, 0.1) is 11.8 Å². The Kier molecular flexibility index (Phi) is 4.48. The molecule has 17 heavy (non-hydrogen) atoms. The van der Waals surface area contributed by atoms with Gasteiger partial charge in [-0.25, -0.2) is 0 Å². The standard InChI is InChI=1S/C15H30N2/c1-11(2)5-4-6-15(16)12-9-13-7-8-14(10-12)17(13)3/h11-15H,4-10,16H2,1-3H3. The van der Waals surface area contributed by atoms with Crippen LogP contribution in [0.25, 0.3) is 0 Å². The molecule has 2 rings (SSSR count). The zero-order chi connectivity index (χ0) is 12.4. The van der Waals surface area contributed by atoms with E-state index in [0.29, 0.717) is 6.04 Å². The Bertz CT molecular complexity index is 225. The van der Waals surface area contributed by atoms with Crippen LogP contribution < -0.4 is 5.73 Å². The Balaban J connectivity index is 1.75. The van der Waals surface area contributed by atoms with Gasteiger partial charge in [-0.05, 0) is 51.0 Å². The van der Waals surface area contributed by atoms with Crippen molar-refractivity contribution in [2.45, 2.75) is 76.9 Å². The number of hydrogen-bond donors (Lipinski definition) is 1. The summed E-state index contributed by atoms with van der Waals surface area (Å²) < 4.78 is 0. The molecule has 0 amide bonds. The van der Waals surface area contributed by atoms with Gasteiger partial charge in [-0.1, -0.05) is 26.7 Å². The van der Waals surface area contributed by atoms with Gasteiger partial charge in [0.15, 0.2) is 0 Å². The highest BCUT2D eigenvalue weighted by molar-refractivity contribution is 4.95. The van der Waals surface area contributed by atoms with Gasteiger partial charge in [0.25, 0.3) is 0 Å². The minimum absolute atomic E-state index is 0.463. The first-order valence-corrected chi connectivity index (χ1v) is 7.55. The van der Waals surface area contributed by atoms with Crippen LogP contribution in [0.15, 0.2) is 0 Å². The Morgan fingerprint density at radius 1 is 1.12 bits per heavy atom. The maximum atomic E-state index is 6.41. The van der Waals surface area contributed by atoms with Crippen LogP contribution in [0.2, 0.25) is 0 Å². The van der Waals surface area contributed by atoms with E-state index in [-0.39, 0.29) is 0 Å². The van der Waals surface area contributed by atoms with Gasteiger partial charge in [0.05, 0.1) is 0 Å². The molecule has 3 atom stereocenters. The van der Waals surface area contributed by atoms with Crippen molar-refractivity contribution in [1.29, 1.82) is 0 Å². The monoisotopic (exact) mass is 238 g/mol. The average Bonchev–Trinajstić information content (AvgIpc) is 2.52. The topological polar surface area (TPSA) is 29.3 Å². The molecule has 0 aliphatic carbocycles. The van der Waals surface area contributed by atoms with E-state index >= 15 is 0 Å². The second kappa shape index (κ2) is 5.71. The van der Waals surface area contributed by atoms with Crippen molar-refractivity contribution in [3.63, 3.8) is 0 Å². The van der Waals surface area contributed by atoms with Gasteiger partial charge in [-0.3, -0.25) is 0 Å². The minimum atomic E-state index is 0.463. The van der Waals surface area contributed by atoms with E-state index in [9.17, 15) is 0 Å². The van der Waals surface area contributed by atoms with E-state index < -0.39 is 0 Å². The summed E-state index contributed by atoms with van der Waals surface area (Å²) in [4.78, 5) is 2.61. The summed E-state index contributed by atoms with van der Waals surface area (Å²) in [7, 11) is 2.31. The highest BCUT2D eigenvalue weighted by Crippen LogP contribution is 2.39. The van der Waals surface area contributed by atoms with Crippen molar-refractivity contribution >= 4 is 0 Å². The number of piperidine rings is 1. The van der Waals surface area contributed by atoms with E-state index in [2.05, 4.69) is 25.8 Å². The molecule has 0 aromatic carbocycles. The highest BCUT2D eigenvalue weighted by atomic mass is 15.2. The minimum Gasteiger partial charge on any atom is -0.327 e. The Morgan fingerprint density at radius 3 is 2.24 bits per heavy atom. The quantitative estimate of drug-likeness (QED) is 0.798. The molecule has 2 bridgehead atoms. The predicted molar refractivity (Wildman–Crippen MR) is 74.0 cm³/mol. The van der Waals surface area contributed by atoms with E-state index in [1.807, 2.05) is 0 Å². The first-order valence-electron chi connectivity index (χ1n) is 7.55. The van der Waals surface area contributed by atoms with Crippen LogP contribution in [0.3, 0.4) is 0 Å². The molecule has 2 N–H and O–H groups in total. The van der Waals surface area contributed by atoms with Gasteiger partial charge in [0.2, 0.25) is 0 Å². The molecule has 3 unspecified atom stereocenters. The molecular formula is C15H30N2. The molecule has 2 heterocycles. The molecular weight excluding hydrogens is 208 g/mol. The van der Waals surface area contributed by atoms with E-state index in [0.717, 1.165) is 23.9 Å². The summed E-state index contributed by atoms with van der Waals surface area (Å²) in [6.07, 6.45) is 9.44. The smallest absolute Gasteiger partial charge is 0.00989 e. The molecule has 0 radical (unpaired) electrons. The average molecular weight is 238 g/mol. The fraction of sp³-hybridized carbons (Fsp3) is 1.00. The lowest BCUT2D eigenvalue weighted by Gasteiger charge is -2.38. The third-order valence-corrected chi connectivity index (χ3v) is 5.06. The van der Waals surface area contributed by atoms with Crippen LogP contribution in [0.4, 0.5) is 0 Å². The summed E-state index contributed by atoms with van der Waals surface area (Å²) in [6, 6.07) is 2.15. The summed E-state index contributed by atoms with van der Waals surface area (Å²) in [5, 5.41) is 0. The van der Waals surface area contributed by atoms with Crippen molar-refractivity contribution in [2.24, 2.45) is 17.6 Å². The molecule has 2 aliphatic heterocycles. The number of fused-ring (bicyclic) bond motifs is 2. The van der Waals surface area contributed by atoms with E-state index in [4.69, 9.17) is 5.73 Å². The lowest BCUT2D eigenvalue weighted by Crippen LogP contribution is -2.45. The SMILES string of the molecule is CC(C)CCCC(N)C1CC2CCC(C1)N2C. The predicted octanol–water partition coefficient (Wildman–Crippen LogP) is 3.01. The summed E-state index contributed by atoms with van der Waals surface area (Å²) in [5.74, 6) is 1.63. The van der Waals surface area contributed by atoms with Crippen molar-refractivity contribution < 1.29 is 0 Å². The maximum absolute atomic E-state index is 6.41. The van der Waals surface area contributed by atoms with Gasteiger partial charge >= 0.3 is 0 Å². The number of hydrogen-bond acceptors (Lipinski definition) is 2. The van der Waals surface area contributed by atoms with E-state index in [1.54, 1.807) is 0 Å². The van der Waals surface area contributed by atoms with E-state index in [1.165, 1.54) is 44.9 Å². The first-order chi connectivity index (χ1) is 8.08. The molecule has 0 saturated carbocycles. The van der Waals surface area contributed by atoms with Crippen molar-refractivity contribution in [3.05, 3.63) is 0 Å². The van der Waals surface area contributed by atoms with Gasteiger partial charge in [-0.2, -0.15) is 0 Å². The fourth-order valence-corrected chi connectivity index (χ4v) is 3.80. The largest absolute Gasteiger partial charge is 0.327 e. The van der Waals surface area contributed by atoms with Gasteiger partial charge in [0, 0.05) is 18.1 Å². The van der Waals surface area contributed by atoms with Crippen LogP contribution in [-0.4, -0.2) is 30.1 Å². The zero-order valence-corrected chi connectivity index (χ0v) is 11.9. The van der Waals surface area contributed by atoms with Gasteiger partial charge in [-0.15, -0.1) is 0 Å². The summed E-state index contributed by atoms with van der Waals surface area (Å²) in [6.45, 7) is 4.61. The van der Waals surface area contributed by atoms with Crippen LogP contribution in [0.5, 0.6) is 0 Å². The summed E-state index contributed by atoms with van der Waals surface area (Å²) >= 11 is 0. The zero-order valence-electron chi connectivity index (χ0n) is 11.9. The molecule has 100 valence electrons. The van der Waals surface area contributed by atoms with Crippen LogP contribution in [-0.2, 0) is 0 Å². The Morgan fingerprint density at radius 2 is 1.71 bits per heavy atom. The third kappa shape index (κ3) is 3.23. The fourth-order valence-electron chi connectivity index (χ4n) is 3.80. The molecule has 0 aromatic heterocycles. The summed E-state index contributed by atoms with van der Waals surface area (Å²) in [5.41, 5.74) is 6.41. The number of rotatable bonds is 5. The highest BCUT2D eigenvalue weighted by Gasteiger charge is 2.39. The maximum Gasteiger partial charge on any atom is 0.00989 e.